The van der Waals surface area contributed by atoms with Crippen molar-refractivity contribution < 1.29 is 13.9 Å². The van der Waals surface area contributed by atoms with Crippen LogP contribution in [-0.4, -0.2) is 12.6 Å². The summed E-state index contributed by atoms with van der Waals surface area (Å²) >= 11 is 3.20. The summed E-state index contributed by atoms with van der Waals surface area (Å²) in [6.07, 6.45) is 1.25. The summed E-state index contributed by atoms with van der Waals surface area (Å²) in [6, 6.07) is 4.38. The standard InChI is InChI=1S/C11H11BrFNO2/c1-2-16-11(15)10(14)6-7-5-8(12)3-4-9(7)13/h3-6H,2,14H2,1H3/b10-6-. The molecule has 0 amide bonds. The Bertz CT molecular complexity index is 432. The van der Waals surface area contributed by atoms with Crippen molar-refractivity contribution in [3.63, 3.8) is 0 Å². The summed E-state index contributed by atoms with van der Waals surface area (Å²) in [5.74, 6) is -1.10. The van der Waals surface area contributed by atoms with Gasteiger partial charge in [0.15, 0.2) is 0 Å². The highest BCUT2D eigenvalue weighted by molar-refractivity contribution is 9.10. The minimum atomic E-state index is -0.651. The Hall–Kier alpha value is -1.36. The fourth-order valence-electron chi connectivity index (χ4n) is 1.07. The van der Waals surface area contributed by atoms with E-state index in [1.807, 2.05) is 0 Å². The van der Waals surface area contributed by atoms with Crippen molar-refractivity contribution in [3.05, 3.63) is 39.7 Å². The molecule has 1 aromatic carbocycles. The van der Waals surface area contributed by atoms with E-state index in [0.29, 0.717) is 4.47 Å². The summed E-state index contributed by atoms with van der Waals surface area (Å²) < 4.78 is 18.7. The summed E-state index contributed by atoms with van der Waals surface area (Å²) in [4.78, 5) is 11.2. The van der Waals surface area contributed by atoms with Gasteiger partial charge >= 0.3 is 5.97 Å². The molecule has 1 aromatic rings. The minimum absolute atomic E-state index is 0.126. The highest BCUT2D eigenvalue weighted by atomic mass is 79.9. The van der Waals surface area contributed by atoms with Gasteiger partial charge in [0.1, 0.15) is 11.5 Å². The van der Waals surface area contributed by atoms with E-state index in [1.54, 1.807) is 13.0 Å². The first-order valence-corrected chi connectivity index (χ1v) is 5.43. The summed E-state index contributed by atoms with van der Waals surface area (Å²) in [6.45, 7) is 1.90. The molecule has 16 heavy (non-hydrogen) atoms. The van der Waals surface area contributed by atoms with Gasteiger partial charge in [-0.25, -0.2) is 9.18 Å². The number of halogens is 2. The molecule has 0 bridgehead atoms. The molecule has 1 rings (SSSR count). The van der Waals surface area contributed by atoms with E-state index in [1.165, 1.54) is 18.2 Å². The molecule has 2 N–H and O–H groups in total. The number of hydrogen-bond donors (Lipinski definition) is 1. The fraction of sp³-hybridized carbons (Fsp3) is 0.182. The number of carbonyl (C=O) groups excluding carboxylic acids is 1. The van der Waals surface area contributed by atoms with E-state index >= 15 is 0 Å². The SMILES string of the molecule is CCOC(=O)/C(N)=C/c1cc(Br)ccc1F. The summed E-state index contributed by atoms with van der Waals surface area (Å²) in [5, 5.41) is 0. The quantitative estimate of drug-likeness (QED) is 0.686. The van der Waals surface area contributed by atoms with Gasteiger partial charge in [-0.2, -0.15) is 0 Å². The van der Waals surface area contributed by atoms with Crippen LogP contribution in [-0.2, 0) is 9.53 Å². The Morgan fingerprint density at radius 3 is 2.94 bits per heavy atom. The highest BCUT2D eigenvalue weighted by Crippen LogP contribution is 2.17. The molecular weight excluding hydrogens is 277 g/mol. The normalized spacial score (nSPS) is 11.3. The predicted molar refractivity (Wildman–Crippen MR) is 62.9 cm³/mol. The van der Waals surface area contributed by atoms with Gasteiger partial charge < -0.3 is 10.5 Å². The van der Waals surface area contributed by atoms with E-state index in [9.17, 15) is 9.18 Å². The van der Waals surface area contributed by atoms with Crippen LogP contribution in [0.1, 0.15) is 12.5 Å². The van der Waals surface area contributed by atoms with Crippen molar-refractivity contribution in [3.8, 4) is 0 Å². The molecule has 0 unspecified atom stereocenters. The van der Waals surface area contributed by atoms with Gasteiger partial charge in [0, 0.05) is 10.0 Å². The molecule has 0 aliphatic rings. The Labute approximate surface area is 101 Å². The van der Waals surface area contributed by atoms with Crippen LogP contribution in [0.5, 0.6) is 0 Å². The second-order valence-corrected chi connectivity index (χ2v) is 3.90. The average Bonchev–Trinajstić information content (AvgIpc) is 2.23. The maximum Gasteiger partial charge on any atom is 0.354 e. The number of hydrogen-bond acceptors (Lipinski definition) is 3. The third kappa shape index (κ3) is 3.34. The minimum Gasteiger partial charge on any atom is -0.461 e. The molecule has 0 fully saturated rings. The van der Waals surface area contributed by atoms with Gasteiger partial charge in [-0.1, -0.05) is 15.9 Å². The van der Waals surface area contributed by atoms with Crippen LogP contribution in [0.15, 0.2) is 28.4 Å². The number of esters is 1. The molecule has 86 valence electrons. The van der Waals surface area contributed by atoms with Crippen molar-refractivity contribution in [2.75, 3.05) is 6.61 Å². The van der Waals surface area contributed by atoms with E-state index < -0.39 is 11.8 Å². The molecule has 3 nitrogen and oxygen atoms in total. The second-order valence-electron chi connectivity index (χ2n) is 2.99. The number of benzene rings is 1. The van der Waals surface area contributed by atoms with Crippen LogP contribution < -0.4 is 5.73 Å². The topological polar surface area (TPSA) is 52.3 Å². The number of carbonyl (C=O) groups is 1. The fourth-order valence-corrected chi connectivity index (χ4v) is 1.44. The maximum absolute atomic E-state index is 13.3. The Balaban J connectivity index is 2.97. The first-order valence-electron chi connectivity index (χ1n) is 4.64. The number of ether oxygens (including phenoxy) is 1. The lowest BCUT2D eigenvalue weighted by Gasteiger charge is -2.02. The second kappa shape index (κ2) is 5.65. The Kier molecular flexibility index (Phi) is 4.49. The Morgan fingerprint density at radius 1 is 1.62 bits per heavy atom. The monoisotopic (exact) mass is 287 g/mol. The number of nitrogens with two attached hydrogens (primary N) is 1. The van der Waals surface area contributed by atoms with Gasteiger partial charge in [-0.15, -0.1) is 0 Å². The zero-order valence-corrected chi connectivity index (χ0v) is 10.3. The van der Waals surface area contributed by atoms with Crippen molar-refractivity contribution in [1.29, 1.82) is 0 Å². The third-order valence-electron chi connectivity index (χ3n) is 1.78. The maximum atomic E-state index is 13.3. The molecule has 0 atom stereocenters. The molecule has 0 aliphatic heterocycles. The van der Waals surface area contributed by atoms with Gasteiger partial charge in [-0.3, -0.25) is 0 Å². The van der Waals surface area contributed by atoms with E-state index in [-0.39, 0.29) is 17.9 Å². The van der Waals surface area contributed by atoms with Crippen molar-refractivity contribution in [2.24, 2.45) is 5.73 Å². The molecule has 0 aliphatic carbocycles. The molecule has 0 heterocycles. The lowest BCUT2D eigenvalue weighted by atomic mass is 10.2. The third-order valence-corrected chi connectivity index (χ3v) is 2.27. The average molecular weight is 288 g/mol. The first kappa shape index (κ1) is 12.7. The van der Waals surface area contributed by atoms with E-state index in [4.69, 9.17) is 5.73 Å². The van der Waals surface area contributed by atoms with E-state index in [0.717, 1.165) is 0 Å². The van der Waals surface area contributed by atoms with Crippen LogP contribution in [0.4, 0.5) is 4.39 Å². The zero-order valence-electron chi connectivity index (χ0n) is 8.67. The van der Waals surface area contributed by atoms with Gasteiger partial charge in [-0.05, 0) is 31.2 Å². The smallest absolute Gasteiger partial charge is 0.354 e. The number of rotatable bonds is 3. The molecule has 0 saturated carbocycles. The van der Waals surface area contributed by atoms with Crippen LogP contribution in [0, 0.1) is 5.82 Å². The van der Waals surface area contributed by atoms with Crippen molar-refractivity contribution in [1.82, 2.24) is 0 Å². The van der Waals surface area contributed by atoms with E-state index in [2.05, 4.69) is 20.7 Å². The molecule has 5 heteroatoms. The predicted octanol–water partition coefficient (Wildman–Crippen LogP) is 2.45. The van der Waals surface area contributed by atoms with Crippen LogP contribution in [0.2, 0.25) is 0 Å². The molecule has 0 radical (unpaired) electrons. The highest BCUT2D eigenvalue weighted by Gasteiger charge is 2.07. The Morgan fingerprint density at radius 2 is 2.31 bits per heavy atom. The molecule has 0 spiro atoms. The lowest BCUT2D eigenvalue weighted by molar-refractivity contribution is -0.138. The summed E-state index contributed by atoms with van der Waals surface area (Å²) in [7, 11) is 0. The zero-order chi connectivity index (χ0) is 12.1. The van der Waals surface area contributed by atoms with Gasteiger partial charge in [0.05, 0.1) is 6.61 Å². The van der Waals surface area contributed by atoms with Gasteiger partial charge in [0.25, 0.3) is 0 Å². The van der Waals surface area contributed by atoms with Crippen LogP contribution in [0.3, 0.4) is 0 Å². The first-order chi connectivity index (χ1) is 7.54. The largest absolute Gasteiger partial charge is 0.461 e. The van der Waals surface area contributed by atoms with Crippen molar-refractivity contribution in [2.45, 2.75) is 6.92 Å². The summed E-state index contributed by atoms with van der Waals surface area (Å²) in [5.41, 5.74) is 5.57. The van der Waals surface area contributed by atoms with Gasteiger partial charge in [0.2, 0.25) is 0 Å². The molecule has 0 saturated heterocycles. The van der Waals surface area contributed by atoms with Crippen molar-refractivity contribution >= 4 is 28.0 Å². The van der Waals surface area contributed by atoms with Crippen LogP contribution >= 0.6 is 15.9 Å². The lowest BCUT2D eigenvalue weighted by Crippen LogP contribution is -2.14. The molecular formula is C11H11BrFNO2. The van der Waals surface area contributed by atoms with Crippen LogP contribution in [0.25, 0.3) is 6.08 Å². The molecule has 0 aromatic heterocycles.